The van der Waals surface area contributed by atoms with E-state index in [0.717, 1.165) is 25.7 Å². The summed E-state index contributed by atoms with van der Waals surface area (Å²) in [6, 6.07) is 7.45. The van der Waals surface area contributed by atoms with Crippen molar-refractivity contribution in [3.63, 3.8) is 0 Å². The summed E-state index contributed by atoms with van der Waals surface area (Å²) in [5.41, 5.74) is 6.36. The van der Waals surface area contributed by atoms with Crippen molar-refractivity contribution in [3.05, 3.63) is 51.2 Å². The fourth-order valence-electron chi connectivity index (χ4n) is 3.46. The molecule has 2 amide bonds. The average Bonchev–Trinajstić information content (AvgIpc) is 3.14. The van der Waals surface area contributed by atoms with Crippen molar-refractivity contribution >= 4 is 39.0 Å². The predicted molar refractivity (Wildman–Crippen MR) is 122 cm³/mol. The first-order valence-corrected chi connectivity index (χ1v) is 12.9. The zero-order valence-corrected chi connectivity index (χ0v) is 19.5. The summed E-state index contributed by atoms with van der Waals surface area (Å²) in [6.45, 7) is 1.26. The fraction of sp³-hybridized carbons (Fsp3) is 0.409. The SMILES string of the molecule is CC(=O)c1ccc(S(=O)(=O)NCCC(=O)NNC(=O)c2cc3c(s2)CCCCCC3)cc1. The Bertz CT molecular complexity index is 1070. The van der Waals surface area contributed by atoms with Crippen LogP contribution in [0, 0.1) is 0 Å². The summed E-state index contributed by atoms with van der Waals surface area (Å²) in [5, 5.41) is 0. The Kier molecular flexibility index (Phi) is 8.16. The van der Waals surface area contributed by atoms with Crippen LogP contribution in [0.4, 0.5) is 0 Å². The van der Waals surface area contributed by atoms with Crippen LogP contribution in [-0.4, -0.2) is 32.6 Å². The van der Waals surface area contributed by atoms with Gasteiger partial charge in [-0.15, -0.1) is 11.3 Å². The van der Waals surface area contributed by atoms with Crippen molar-refractivity contribution < 1.29 is 22.8 Å². The molecular formula is C22H27N3O5S2. The number of benzene rings is 1. The topological polar surface area (TPSA) is 121 Å². The number of amides is 2. The molecule has 3 N–H and O–H groups in total. The van der Waals surface area contributed by atoms with Gasteiger partial charge in [-0.3, -0.25) is 25.2 Å². The molecule has 32 heavy (non-hydrogen) atoms. The number of hydrazine groups is 1. The Hall–Kier alpha value is -2.56. The number of carbonyl (C=O) groups excluding carboxylic acids is 3. The molecule has 1 heterocycles. The molecule has 0 radical (unpaired) electrons. The third-order valence-corrected chi connectivity index (χ3v) is 7.96. The number of aryl methyl sites for hydroxylation is 2. The summed E-state index contributed by atoms with van der Waals surface area (Å²) in [4.78, 5) is 37.5. The summed E-state index contributed by atoms with van der Waals surface area (Å²) in [6.07, 6.45) is 6.48. The number of hydrogen-bond donors (Lipinski definition) is 3. The van der Waals surface area contributed by atoms with Crippen LogP contribution in [0.25, 0.3) is 0 Å². The number of sulfonamides is 1. The lowest BCUT2D eigenvalue weighted by molar-refractivity contribution is -0.121. The molecule has 8 nitrogen and oxygen atoms in total. The van der Waals surface area contributed by atoms with Gasteiger partial charge in [0.15, 0.2) is 5.78 Å². The maximum atomic E-state index is 12.4. The maximum absolute atomic E-state index is 12.4. The Balaban J connectivity index is 1.45. The second kappa shape index (κ2) is 10.8. The minimum atomic E-state index is -3.81. The third kappa shape index (κ3) is 6.47. The molecule has 10 heteroatoms. The molecule has 172 valence electrons. The molecular weight excluding hydrogens is 450 g/mol. The molecule has 0 saturated carbocycles. The molecule has 1 aromatic heterocycles. The molecule has 0 saturated heterocycles. The second-order valence-corrected chi connectivity index (χ2v) is 10.6. The Morgan fingerprint density at radius 2 is 1.66 bits per heavy atom. The van der Waals surface area contributed by atoms with Crippen molar-refractivity contribution in [2.24, 2.45) is 0 Å². The highest BCUT2D eigenvalue weighted by Crippen LogP contribution is 2.28. The maximum Gasteiger partial charge on any atom is 0.279 e. The van der Waals surface area contributed by atoms with Crippen molar-refractivity contribution in [3.8, 4) is 0 Å². The molecule has 2 aromatic rings. The van der Waals surface area contributed by atoms with E-state index in [1.54, 1.807) is 0 Å². The summed E-state index contributed by atoms with van der Waals surface area (Å²) in [7, 11) is -3.81. The number of Topliss-reactive ketones (excluding diaryl/α,β-unsaturated/α-hetero) is 1. The van der Waals surface area contributed by atoms with Gasteiger partial charge in [-0.1, -0.05) is 25.0 Å². The van der Waals surface area contributed by atoms with E-state index < -0.39 is 15.9 Å². The van der Waals surface area contributed by atoms with E-state index in [1.807, 2.05) is 6.07 Å². The van der Waals surface area contributed by atoms with Crippen molar-refractivity contribution in [2.75, 3.05) is 6.54 Å². The highest BCUT2D eigenvalue weighted by Gasteiger charge is 2.17. The predicted octanol–water partition coefficient (Wildman–Crippen LogP) is 2.74. The number of carbonyl (C=O) groups is 3. The molecule has 1 aliphatic rings. The molecule has 0 atom stereocenters. The fourth-order valence-corrected chi connectivity index (χ4v) is 5.64. The van der Waals surface area contributed by atoms with E-state index in [9.17, 15) is 22.8 Å². The number of rotatable bonds is 7. The monoisotopic (exact) mass is 477 g/mol. The molecule has 1 aromatic carbocycles. The third-order valence-electron chi connectivity index (χ3n) is 5.25. The van der Waals surface area contributed by atoms with Crippen LogP contribution in [0.3, 0.4) is 0 Å². The number of nitrogens with one attached hydrogen (secondary N) is 3. The first-order valence-electron chi connectivity index (χ1n) is 10.6. The Morgan fingerprint density at radius 1 is 0.969 bits per heavy atom. The molecule has 0 spiro atoms. The van der Waals surface area contributed by atoms with Crippen LogP contribution in [0.2, 0.25) is 0 Å². The molecule has 1 aliphatic carbocycles. The number of hydrogen-bond acceptors (Lipinski definition) is 6. The molecule has 0 aliphatic heterocycles. The van der Waals surface area contributed by atoms with Gasteiger partial charge in [-0.05, 0) is 56.4 Å². The van der Waals surface area contributed by atoms with Gasteiger partial charge in [-0.2, -0.15) is 0 Å². The standard InChI is InChI=1S/C22H27N3O5S2/c1-15(26)16-8-10-18(11-9-16)32(29,30)23-13-12-21(27)24-25-22(28)20-14-17-6-4-2-3-5-7-19(17)31-20/h8-11,14,23H,2-7,12-13H2,1H3,(H,24,27)(H,25,28). The van der Waals surface area contributed by atoms with Crippen LogP contribution < -0.4 is 15.6 Å². The lowest BCUT2D eigenvalue weighted by Crippen LogP contribution is -2.42. The van der Waals surface area contributed by atoms with Crippen LogP contribution >= 0.6 is 11.3 Å². The lowest BCUT2D eigenvalue weighted by Gasteiger charge is -2.08. The van der Waals surface area contributed by atoms with Gasteiger partial charge < -0.3 is 0 Å². The van der Waals surface area contributed by atoms with Gasteiger partial charge in [0.2, 0.25) is 15.9 Å². The summed E-state index contributed by atoms with van der Waals surface area (Å²) < 4.78 is 26.9. The normalized spacial score (nSPS) is 14.0. The van der Waals surface area contributed by atoms with E-state index in [0.29, 0.717) is 10.4 Å². The van der Waals surface area contributed by atoms with Gasteiger partial charge in [-0.25, -0.2) is 13.1 Å². The highest BCUT2D eigenvalue weighted by atomic mass is 32.2. The number of ketones is 1. The Labute approximate surface area is 191 Å². The van der Waals surface area contributed by atoms with Gasteiger partial charge in [0.25, 0.3) is 5.91 Å². The lowest BCUT2D eigenvalue weighted by atomic mass is 10.00. The quantitative estimate of drug-likeness (QED) is 0.418. The number of fused-ring (bicyclic) bond motifs is 1. The first-order chi connectivity index (χ1) is 15.3. The van der Waals surface area contributed by atoms with Gasteiger partial charge in [0, 0.05) is 23.4 Å². The largest absolute Gasteiger partial charge is 0.295 e. The van der Waals surface area contributed by atoms with Crippen molar-refractivity contribution in [1.82, 2.24) is 15.6 Å². The van der Waals surface area contributed by atoms with E-state index in [4.69, 9.17) is 0 Å². The average molecular weight is 478 g/mol. The molecule has 0 fully saturated rings. The minimum absolute atomic E-state index is 0.00414. The van der Waals surface area contributed by atoms with Crippen LogP contribution in [0.15, 0.2) is 35.2 Å². The van der Waals surface area contributed by atoms with Gasteiger partial charge in [0.05, 0.1) is 9.77 Å². The van der Waals surface area contributed by atoms with E-state index >= 15 is 0 Å². The minimum Gasteiger partial charge on any atom is -0.295 e. The molecule has 0 bridgehead atoms. The molecule has 0 unspecified atom stereocenters. The van der Waals surface area contributed by atoms with Crippen molar-refractivity contribution in [2.45, 2.75) is 56.8 Å². The van der Waals surface area contributed by atoms with Crippen molar-refractivity contribution in [1.29, 1.82) is 0 Å². The van der Waals surface area contributed by atoms with Gasteiger partial charge in [0.1, 0.15) is 0 Å². The van der Waals surface area contributed by atoms with Crippen LogP contribution in [0.5, 0.6) is 0 Å². The van der Waals surface area contributed by atoms with Crippen LogP contribution in [-0.2, 0) is 27.7 Å². The molecule has 3 rings (SSSR count). The second-order valence-electron chi connectivity index (χ2n) is 7.70. The zero-order valence-electron chi connectivity index (χ0n) is 17.9. The smallest absolute Gasteiger partial charge is 0.279 e. The highest BCUT2D eigenvalue weighted by molar-refractivity contribution is 7.89. The van der Waals surface area contributed by atoms with Gasteiger partial charge >= 0.3 is 0 Å². The summed E-state index contributed by atoms with van der Waals surface area (Å²) >= 11 is 1.46. The zero-order chi connectivity index (χ0) is 23.1. The van der Waals surface area contributed by atoms with E-state index in [2.05, 4.69) is 15.6 Å². The number of thiophene rings is 1. The first kappa shape index (κ1) is 24.1. The van der Waals surface area contributed by atoms with E-state index in [1.165, 1.54) is 65.8 Å². The summed E-state index contributed by atoms with van der Waals surface area (Å²) in [5.74, 6) is -1.04. The Morgan fingerprint density at radius 3 is 2.34 bits per heavy atom. The van der Waals surface area contributed by atoms with E-state index in [-0.39, 0.29) is 29.6 Å². The van der Waals surface area contributed by atoms with Crippen LogP contribution in [0.1, 0.15) is 69.5 Å².